The summed E-state index contributed by atoms with van der Waals surface area (Å²) in [7, 11) is 0. The molecule has 0 amide bonds. The largest absolute Gasteiger partial charge is 0.504 e. The third kappa shape index (κ3) is 2.83. The lowest BCUT2D eigenvalue weighted by atomic mass is 9.49. The van der Waals surface area contributed by atoms with Gasteiger partial charge in [-0.1, -0.05) is 64.4 Å². The summed E-state index contributed by atoms with van der Waals surface area (Å²) in [5, 5.41) is 22.2. The van der Waals surface area contributed by atoms with Crippen LogP contribution in [0.1, 0.15) is 81.2 Å². The molecule has 1 saturated heterocycles. The van der Waals surface area contributed by atoms with Gasteiger partial charge in [-0.3, -0.25) is 4.79 Å². The van der Waals surface area contributed by atoms with Crippen LogP contribution >= 0.6 is 0 Å². The SMILES string of the molecule is CC(C)c1cc2c(c(O)c1O)[C@@]13CCCC(C)(C)[C@@H]1[C@H](OC3=O)[C@@H]2OCc1ccccc1. The van der Waals surface area contributed by atoms with Crippen molar-refractivity contribution in [3.63, 3.8) is 0 Å². The predicted molar refractivity (Wildman–Crippen MR) is 121 cm³/mol. The molecule has 2 N–H and O–H groups in total. The van der Waals surface area contributed by atoms with E-state index >= 15 is 0 Å². The number of aromatic hydroxyl groups is 2. The third-order valence-electron chi connectivity index (χ3n) is 7.98. The molecule has 2 bridgehead atoms. The highest BCUT2D eigenvalue weighted by atomic mass is 16.6. The lowest BCUT2D eigenvalue weighted by molar-refractivity contribution is -0.150. The Morgan fingerprint density at radius 1 is 1.12 bits per heavy atom. The summed E-state index contributed by atoms with van der Waals surface area (Å²) in [5.41, 5.74) is 1.89. The smallest absolute Gasteiger partial charge is 0.317 e. The molecule has 5 heteroatoms. The molecule has 170 valence electrons. The van der Waals surface area contributed by atoms with E-state index in [1.54, 1.807) is 0 Å². The lowest BCUT2D eigenvalue weighted by Gasteiger charge is -2.52. The predicted octanol–water partition coefficient (Wildman–Crippen LogP) is 5.48. The first-order valence-corrected chi connectivity index (χ1v) is 11.6. The highest BCUT2D eigenvalue weighted by Gasteiger charge is 2.70. The van der Waals surface area contributed by atoms with E-state index in [0.29, 0.717) is 24.2 Å². The molecule has 0 unspecified atom stereocenters. The average Bonchev–Trinajstić information content (AvgIpc) is 3.00. The first kappa shape index (κ1) is 21.3. The van der Waals surface area contributed by atoms with Gasteiger partial charge in [0.05, 0.1) is 6.61 Å². The van der Waals surface area contributed by atoms with Gasteiger partial charge in [-0.25, -0.2) is 0 Å². The quantitative estimate of drug-likeness (QED) is 0.490. The molecule has 0 spiro atoms. The molecule has 5 rings (SSSR count). The molecule has 3 aliphatic rings. The van der Waals surface area contributed by atoms with Gasteiger partial charge in [0, 0.05) is 17.0 Å². The number of carbonyl (C=O) groups excluding carboxylic acids is 1. The number of phenolic OH excluding ortho intramolecular Hbond substituents is 2. The van der Waals surface area contributed by atoms with Crippen molar-refractivity contribution in [2.45, 2.75) is 77.1 Å². The molecule has 4 atom stereocenters. The molecule has 32 heavy (non-hydrogen) atoms. The number of benzene rings is 2. The summed E-state index contributed by atoms with van der Waals surface area (Å²) in [6.45, 7) is 8.69. The zero-order chi connectivity index (χ0) is 22.8. The first-order valence-electron chi connectivity index (χ1n) is 11.6. The molecule has 0 aromatic heterocycles. The molecular formula is C27H32O5. The van der Waals surface area contributed by atoms with Gasteiger partial charge in [0.25, 0.3) is 0 Å². The van der Waals surface area contributed by atoms with E-state index in [1.807, 2.05) is 50.2 Å². The summed E-state index contributed by atoms with van der Waals surface area (Å²) in [6, 6.07) is 11.9. The number of hydrogen-bond acceptors (Lipinski definition) is 5. The number of phenols is 2. The number of esters is 1. The highest BCUT2D eigenvalue weighted by molar-refractivity contribution is 5.90. The number of carbonyl (C=O) groups is 1. The Bertz CT molecular complexity index is 1060. The van der Waals surface area contributed by atoms with Gasteiger partial charge in [-0.05, 0) is 41.4 Å². The Morgan fingerprint density at radius 2 is 1.84 bits per heavy atom. The van der Waals surface area contributed by atoms with Crippen LogP contribution in [-0.4, -0.2) is 22.3 Å². The number of ether oxygens (including phenoxy) is 2. The molecule has 2 aliphatic carbocycles. The van der Waals surface area contributed by atoms with E-state index in [0.717, 1.165) is 24.0 Å². The van der Waals surface area contributed by atoms with Crippen molar-refractivity contribution in [1.82, 2.24) is 0 Å². The van der Waals surface area contributed by atoms with Crippen molar-refractivity contribution in [2.24, 2.45) is 11.3 Å². The maximum atomic E-state index is 13.5. The van der Waals surface area contributed by atoms with Crippen LogP contribution in [0.3, 0.4) is 0 Å². The monoisotopic (exact) mass is 436 g/mol. The summed E-state index contributed by atoms with van der Waals surface area (Å²) >= 11 is 0. The molecule has 2 aromatic rings. The van der Waals surface area contributed by atoms with E-state index in [4.69, 9.17) is 9.47 Å². The van der Waals surface area contributed by atoms with Crippen molar-refractivity contribution in [3.8, 4) is 11.5 Å². The number of rotatable bonds is 4. The minimum atomic E-state index is -0.939. The van der Waals surface area contributed by atoms with E-state index in [9.17, 15) is 15.0 Å². The summed E-state index contributed by atoms with van der Waals surface area (Å²) in [4.78, 5) is 13.5. The van der Waals surface area contributed by atoms with Gasteiger partial charge in [0.1, 0.15) is 17.6 Å². The zero-order valence-corrected chi connectivity index (χ0v) is 19.2. The van der Waals surface area contributed by atoms with Crippen molar-refractivity contribution in [3.05, 3.63) is 58.7 Å². The van der Waals surface area contributed by atoms with Crippen LogP contribution in [0.25, 0.3) is 0 Å². The van der Waals surface area contributed by atoms with Gasteiger partial charge in [0.2, 0.25) is 0 Å². The van der Waals surface area contributed by atoms with Crippen molar-refractivity contribution in [1.29, 1.82) is 0 Å². The van der Waals surface area contributed by atoms with Crippen LogP contribution in [0, 0.1) is 11.3 Å². The second-order valence-corrected chi connectivity index (χ2v) is 10.7. The second kappa shape index (κ2) is 7.24. The topological polar surface area (TPSA) is 76.0 Å². The molecular weight excluding hydrogens is 404 g/mol. The maximum absolute atomic E-state index is 13.5. The molecule has 1 saturated carbocycles. The average molecular weight is 437 g/mol. The fourth-order valence-corrected chi connectivity index (χ4v) is 6.63. The molecule has 2 fully saturated rings. The van der Waals surface area contributed by atoms with Crippen molar-refractivity contribution in [2.75, 3.05) is 0 Å². The van der Waals surface area contributed by atoms with Gasteiger partial charge >= 0.3 is 5.97 Å². The minimum absolute atomic E-state index is 0.00765. The molecule has 1 aliphatic heterocycles. The second-order valence-electron chi connectivity index (χ2n) is 10.7. The Morgan fingerprint density at radius 3 is 2.53 bits per heavy atom. The minimum Gasteiger partial charge on any atom is -0.504 e. The number of hydrogen-bond donors (Lipinski definition) is 2. The van der Waals surface area contributed by atoms with E-state index in [2.05, 4.69) is 13.8 Å². The third-order valence-corrected chi connectivity index (χ3v) is 7.98. The fourth-order valence-electron chi connectivity index (χ4n) is 6.63. The van der Waals surface area contributed by atoms with Crippen LogP contribution in [0.15, 0.2) is 36.4 Å². The van der Waals surface area contributed by atoms with Gasteiger partial charge < -0.3 is 19.7 Å². The fraction of sp³-hybridized carbons (Fsp3) is 0.519. The van der Waals surface area contributed by atoms with Gasteiger partial charge in [-0.15, -0.1) is 0 Å². The van der Waals surface area contributed by atoms with Crippen LogP contribution in [0.4, 0.5) is 0 Å². The highest BCUT2D eigenvalue weighted by Crippen LogP contribution is 2.67. The van der Waals surface area contributed by atoms with E-state index < -0.39 is 17.6 Å². The summed E-state index contributed by atoms with van der Waals surface area (Å²) in [5.74, 6) is -0.720. The van der Waals surface area contributed by atoms with Crippen LogP contribution in [-0.2, 0) is 26.3 Å². The Hall–Kier alpha value is -2.53. The Kier molecular flexibility index (Phi) is 4.82. The van der Waals surface area contributed by atoms with E-state index in [1.165, 1.54) is 0 Å². The van der Waals surface area contributed by atoms with Crippen molar-refractivity contribution < 1.29 is 24.5 Å². The van der Waals surface area contributed by atoms with Crippen LogP contribution < -0.4 is 0 Å². The Balaban J connectivity index is 1.71. The van der Waals surface area contributed by atoms with E-state index in [-0.39, 0.29) is 34.7 Å². The first-order chi connectivity index (χ1) is 15.2. The standard InChI is InChI=1S/C27H32O5/c1-15(2)17-13-18-19(21(29)20(17)28)27-12-8-11-26(3,4)24(27)23(32-25(27)30)22(18)31-14-16-9-6-5-7-10-16/h5-7,9-10,13,15,22-24,28-29H,8,11-12,14H2,1-4H3/t22-,23-,24+,27+/m1/s1. The van der Waals surface area contributed by atoms with Crippen LogP contribution in [0.5, 0.6) is 11.5 Å². The normalized spacial score (nSPS) is 30.0. The summed E-state index contributed by atoms with van der Waals surface area (Å²) < 4.78 is 12.6. The molecule has 1 heterocycles. The molecule has 2 aromatic carbocycles. The van der Waals surface area contributed by atoms with Gasteiger partial charge in [0.15, 0.2) is 11.5 Å². The summed E-state index contributed by atoms with van der Waals surface area (Å²) in [6.07, 6.45) is 1.54. The zero-order valence-electron chi connectivity index (χ0n) is 19.2. The molecule has 0 radical (unpaired) electrons. The maximum Gasteiger partial charge on any atom is 0.317 e. The molecule has 5 nitrogen and oxygen atoms in total. The lowest BCUT2D eigenvalue weighted by Crippen LogP contribution is -2.54. The van der Waals surface area contributed by atoms with Crippen LogP contribution in [0.2, 0.25) is 0 Å². The number of fused-ring (bicyclic) bond motifs is 1. The van der Waals surface area contributed by atoms with Gasteiger partial charge in [-0.2, -0.15) is 0 Å². The Labute approximate surface area is 189 Å². The van der Waals surface area contributed by atoms with Crippen molar-refractivity contribution >= 4 is 5.97 Å².